The Balaban J connectivity index is 1.29. The van der Waals surface area contributed by atoms with E-state index in [1.807, 2.05) is 34.8 Å². The molecule has 3 aromatic rings. The molecule has 0 unspecified atom stereocenters. The summed E-state index contributed by atoms with van der Waals surface area (Å²) in [6, 6.07) is 4.22. The monoisotopic (exact) mass is 425 g/mol. The van der Waals surface area contributed by atoms with E-state index in [0.29, 0.717) is 18.4 Å². The number of aromatic nitrogens is 5. The summed E-state index contributed by atoms with van der Waals surface area (Å²) in [5, 5.41) is 13.4. The fourth-order valence-corrected chi connectivity index (χ4v) is 5.44. The van der Waals surface area contributed by atoms with Gasteiger partial charge in [-0.05, 0) is 37.4 Å². The maximum atomic E-state index is 13.3. The predicted molar refractivity (Wildman–Crippen MR) is 117 cm³/mol. The summed E-state index contributed by atoms with van der Waals surface area (Å²) in [6.45, 7) is 4.23. The van der Waals surface area contributed by atoms with Gasteiger partial charge in [-0.25, -0.2) is 0 Å². The molecule has 2 aliphatic heterocycles. The standard InChI is InChI=1S/C21H27N7OS/c1-25(6-5-15-8-23-26(2)9-15)12-17-3-4-19-18-7-16(11-28(19)20(17)29)10-27(13-18)21-24-22-14-30-21/h3-4,8-9,14,16,18H,5-7,10-13H2,1-2H3/t16-,18+/m0/s1. The molecule has 30 heavy (non-hydrogen) atoms. The number of hydrogen-bond donors (Lipinski definition) is 0. The fourth-order valence-electron chi connectivity index (χ4n) is 4.86. The van der Waals surface area contributed by atoms with E-state index in [0.717, 1.165) is 49.7 Å². The Kier molecular flexibility index (Phi) is 5.16. The molecule has 5 heterocycles. The highest BCUT2D eigenvalue weighted by atomic mass is 32.1. The van der Waals surface area contributed by atoms with E-state index < -0.39 is 0 Å². The maximum absolute atomic E-state index is 13.3. The number of aryl methyl sites for hydroxylation is 1. The van der Waals surface area contributed by atoms with E-state index in [-0.39, 0.29) is 5.56 Å². The first-order chi connectivity index (χ1) is 14.6. The summed E-state index contributed by atoms with van der Waals surface area (Å²) < 4.78 is 3.87. The largest absolute Gasteiger partial charge is 0.346 e. The summed E-state index contributed by atoms with van der Waals surface area (Å²) in [6.07, 6.45) is 6.04. The molecular formula is C21H27N7OS. The van der Waals surface area contributed by atoms with Crippen molar-refractivity contribution in [3.63, 3.8) is 0 Å². The van der Waals surface area contributed by atoms with Crippen molar-refractivity contribution in [3.05, 3.63) is 57.2 Å². The molecule has 0 N–H and O–H groups in total. The molecule has 8 nitrogen and oxygen atoms in total. The zero-order valence-corrected chi connectivity index (χ0v) is 18.3. The van der Waals surface area contributed by atoms with Gasteiger partial charge in [-0.3, -0.25) is 9.48 Å². The van der Waals surface area contributed by atoms with Crippen LogP contribution in [0, 0.1) is 5.92 Å². The molecule has 158 valence electrons. The fraction of sp³-hybridized carbons (Fsp3) is 0.524. The summed E-state index contributed by atoms with van der Waals surface area (Å²) in [5.74, 6) is 0.864. The minimum atomic E-state index is 0.180. The SMILES string of the molecule is CN(CCc1cnn(C)c1)Cc1ccc2n(c1=O)C[C@H]1C[C@@H]2CN(c2nncs2)C1. The van der Waals surface area contributed by atoms with Gasteiger partial charge in [0.2, 0.25) is 5.13 Å². The van der Waals surface area contributed by atoms with Crippen LogP contribution in [0.25, 0.3) is 0 Å². The number of piperidine rings is 1. The van der Waals surface area contributed by atoms with Crippen LogP contribution in [0.5, 0.6) is 0 Å². The molecule has 0 amide bonds. The van der Waals surface area contributed by atoms with Crippen LogP contribution in [0.4, 0.5) is 5.13 Å². The summed E-state index contributed by atoms with van der Waals surface area (Å²) in [7, 11) is 4.01. The molecule has 2 bridgehead atoms. The highest BCUT2D eigenvalue weighted by molar-refractivity contribution is 7.13. The molecule has 1 saturated heterocycles. The van der Waals surface area contributed by atoms with Gasteiger partial charge in [-0.15, -0.1) is 10.2 Å². The van der Waals surface area contributed by atoms with E-state index in [2.05, 4.69) is 38.2 Å². The van der Waals surface area contributed by atoms with Gasteiger partial charge in [-0.1, -0.05) is 17.4 Å². The van der Waals surface area contributed by atoms with Gasteiger partial charge in [-0.2, -0.15) is 5.10 Å². The third-order valence-electron chi connectivity index (χ3n) is 6.28. The van der Waals surface area contributed by atoms with E-state index in [9.17, 15) is 4.79 Å². The van der Waals surface area contributed by atoms with Crippen molar-refractivity contribution in [1.29, 1.82) is 0 Å². The summed E-state index contributed by atoms with van der Waals surface area (Å²) >= 11 is 1.59. The Bertz CT molecular complexity index is 1070. The second-order valence-electron chi connectivity index (χ2n) is 8.63. The van der Waals surface area contributed by atoms with Crippen molar-refractivity contribution >= 4 is 16.5 Å². The quantitative estimate of drug-likeness (QED) is 0.599. The minimum Gasteiger partial charge on any atom is -0.346 e. The average Bonchev–Trinajstić information content (AvgIpc) is 3.41. The number of hydrogen-bond acceptors (Lipinski definition) is 7. The number of likely N-dealkylation sites (N-methyl/N-ethyl adjacent to an activating group) is 1. The Hall–Kier alpha value is -2.52. The van der Waals surface area contributed by atoms with Gasteiger partial charge < -0.3 is 14.4 Å². The van der Waals surface area contributed by atoms with E-state index in [1.54, 1.807) is 16.8 Å². The number of anilines is 1. The topological polar surface area (TPSA) is 72.1 Å². The molecular weight excluding hydrogens is 398 g/mol. The zero-order valence-electron chi connectivity index (χ0n) is 17.4. The van der Waals surface area contributed by atoms with Crippen molar-refractivity contribution in [2.45, 2.75) is 31.8 Å². The molecule has 9 heteroatoms. The average molecular weight is 426 g/mol. The van der Waals surface area contributed by atoms with Crippen LogP contribution in [-0.4, -0.2) is 56.1 Å². The van der Waals surface area contributed by atoms with Crippen molar-refractivity contribution in [2.75, 3.05) is 31.6 Å². The third kappa shape index (κ3) is 3.79. The lowest BCUT2D eigenvalue weighted by Crippen LogP contribution is -2.47. The maximum Gasteiger partial charge on any atom is 0.255 e. The van der Waals surface area contributed by atoms with Crippen LogP contribution in [-0.2, 0) is 26.6 Å². The first-order valence-electron chi connectivity index (χ1n) is 10.5. The van der Waals surface area contributed by atoms with Crippen LogP contribution in [0.1, 0.15) is 29.2 Å². The van der Waals surface area contributed by atoms with Gasteiger partial charge >= 0.3 is 0 Å². The number of fused-ring (bicyclic) bond motifs is 4. The van der Waals surface area contributed by atoms with Crippen molar-refractivity contribution < 1.29 is 0 Å². The lowest BCUT2D eigenvalue weighted by atomic mass is 9.83. The first-order valence-corrected chi connectivity index (χ1v) is 11.3. The van der Waals surface area contributed by atoms with Gasteiger partial charge in [0, 0.05) is 63.1 Å². The Labute approximate surface area is 179 Å². The molecule has 2 atom stereocenters. The molecule has 2 aliphatic rings. The lowest BCUT2D eigenvalue weighted by Gasteiger charge is -2.42. The van der Waals surface area contributed by atoms with Crippen molar-refractivity contribution in [3.8, 4) is 0 Å². The number of nitrogens with zero attached hydrogens (tertiary/aromatic N) is 7. The molecule has 0 spiro atoms. The van der Waals surface area contributed by atoms with Crippen LogP contribution < -0.4 is 10.5 Å². The lowest BCUT2D eigenvalue weighted by molar-refractivity contribution is 0.277. The molecule has 5 rings (SSSR count). The summed E-state index contributed by atoms with van der Waals surface area (Å²) in [4.78, 5) is 17.8. The first kappa shape index (κ1) is 19.4. The van der Waals surface area contributed by atoms with E-state index >= 15 is 0 Å². The Morgan fingerprint density at radius 1 is 1.27 bits per heavy atom. The molecule has 1 fully saturated rings. The van der Waals surface area contributed by atoms with E-state index in [4.69, 9.17) is 0 Å². The molecule has 0 aliphatic carbocycles. The number of pyridine rings is 1. The molecule has 3 aromatic heterocycles. The predicted octanol–water partition coefficient (Wildman–Crippen LogP) is 1.73. The number of rotatable bonds is 6. The normalized spacial score (nSPS) is 20.6. The minimum absolute atomic E-state index is 0.180. The van der Waals surface area contributed by atoms with Crippen LogP contribution in [0.3, 0.4) is 0 Å². The molecule has 0 aromatic carbocycles. The van der Waals surface area contributed by atoms with Gasteiger partial charge in [0.05, 0.1) is 6.20 Å². The highest BCUT2D eigenvalue weighted by Crippen LogP contribution is 2.37. The van der Waals surface area contributed by atoms with Gasteiger partial charge in [0.15, 0.2) is 0 Å². The Morgan fingerprint density at radius 3 is 2.93 bits per heavy atom. The zero-order chi connectivity index (χ0) is 20.7. The van der Waals surface area contributed by atoms with E-state index in [1.165, 1.54) is 11.3 Å². The highest BCUT2D eigenvalue weighted by Gasteiger charge is 2.35. The van der Waals surface area contributed by atoms with Gasteiger partial charge in [0.25, 0.3) is 5.56 Å². The summed E-state index contributed by atoms with van der Waals surface area (Å²) in [5.41, 5.74) is 5.25. The van der Waals surface area contributed by atoms with Crippen LogP contribution in [0.15, 0.2) is 34.8 Å². The van der Waals surface area contributed by atoms with Gasteiger partial charge in [0.1, 0.15) is 5.51 Å². The van der Waals surface area contributed by atoms with Crippen LogP contribution in [0.2, 0.25) is 0 Å². The van der Waals surface area contributed by atoms with Crippen LogP contribution >= 0.6 is 11.3 Å². The Morgan fingerprint density at radius 2 is 2.17 bits per heavy atom. The second-order valence-corrected chi connectivity index (χ2v) is 9.45. The smallest absolute Gasteiger partial charge is 0.255 e. The molecule has 0 saturated carbocycles. The van der Waals surface area contributed by atoms with Crippen molar-refractivity contribution in [1.82, 2.24) is 29.4 Å². The third-order valence-corrected chi connectivity index (χ3v) is 7.03. The second kappa shape index (κ2) is 7.96. The molecule has 0 radical (unpaired) electrons. The van der Waals surface area contributed by atoms with Crippen molar-refractivity contribution in [2.24, 2.45) is 13.0 Å².